The molecule has 6 unspecified atom stereocenters. The van der Waals surface area contributed by atoms with E-state index in [2.05, 4.69) is 0 Å². The van der Waals surface area contributed by atoms with Crippen molar-refractivity contribution in [1.82, 2.24) is 4.90 Å². The number of ether oxygens (including phenoxy) is 6. The molecule has 0 aromatic heterocycles. The molecule has 6 atom stereocenters. The first-order valence-electron chi connectivity index (χ1n) is 9.74. The second kappa shape index (κ2) is 7.29. The maximum absolute atomic E-state index is 12.2. The Morgan fingerprint density at radius 1 is 1.10 bits per heavy atom. The summed E-state index contributed by atoms with van der Waals surface area (Å²) in [6.07, 6.45) is -1.02. The van der Waals surface area contributed by atoms with Gasteiger partial charge < -0.3 is 38.4 Å². The smallest absolute Gasteiger partial charge is 0.307 e. The third-order valence-electron chi connectivity index (χ3n) is 5.23. The van der Waals surface area contributed by atoms with Crippen LogP contribution in [0.4, 0.5) is 0 Å². The molecule has 0 spiro atoms. The van der Waals surface area contributed by atoms with E-state index in [0.29, 0.717) is 0 Å². The SMILES string of the molecule is CC1(C)OC2OC(COC(=O)CCN3C(=O)C=CC3O)C3OC(C)(C)OC3C2O1. The maximum atomic E-state index is 12.2. The lowest BCUT2D eigenvalue weighted by molar-refractivity contribution is -0.242. The van der Waals surface area contributed by atoms with E-state index in [9.17, 15) is 14.7 Å². The number of carbonyl (C=O) groups excluding carboxylic acids is 2. The summed E-state index contributed by atoms with van der Waals surface area (Å²) in [6.45, 7) is 7.20. The number of nitrogens with zero attached hydrogens (tertiary/aromatic N) is 1. The van der Waals surface area contributed by atoms with Gasteiger partial charge in [0.15, 0.2) is 17.9 Å². The van der Waals surface area contributed by atoms with E-state index >= 15 is 0 Å². The summed E-state index contributed by atoms with van der Waals surface area (Å²) < 4.78 is 35.0. The first-order chi connectivity index (χ1) is 13.5. The summed E-state index contributed by atoms with van der Waals surface area (Å²) in [7, 11) is 0. The van der Waals surface area contributed by atoms with Crippen LogP contribution in [0.3, 0.4) is 0 Å². The fraction of sp³-hybridized carbons (Fsp3) is 0.789. The van der Waals surface area contributed by atoms with Gasteiger partial charge in [0.1, 0.15) is 37.3 Å². The van der Waals surface area contributed by atoms with Gasteiger partial charge in [-0.25, -0.2) is 0 Å². The third kappa shape index (κ3) is 4.18. The van der Waals surface area contributed by atoms with Crippen LogP contribution in [-0.2, 0) is 38.0 Å². The molecule has 0 saturated carbocycles. The van der Waals surface area contributed by atoms with E-state index in [4.69, 9.17) is 28.4 Å². The van der Waals surface area contributed by atoms with Crippen molar-refractivity contribution in [1.29, 1.82) is 0 Å². The third-order valence-corrected chi connectivity index (χ3v) is 5.23. The van der Waals surface area contributed by atoms with Crippen molar-refractivity contribution in [2.45, 2.75) is 82.6 Å². The van der Waals surface area contributed by atoms with Crippen LogP contribution in [0.1, 0.15) is 34.1 Å². The lowest BCUT2D eigenvalue weighted by atomic mass is 9.99. The van der Waals surface area contributed by atoms with Gasteiger partial charge in [-0.15, -0.1) is 0 Å². The molecule has 3 fully saturated rings. The first kappa shape index (κ1) is 20.7. The minimum absolute atomic E-state index is 0.0488. The van der Waals surface area contributed by atoms with Crippen LogP contribution in [0.15, 0.2) is 12.2 Å². The lowest BCUT2D eigenvalue weighted by Crippen LogP contribution is -2.56. The fourth-order valence-corrected chi connectivity index (χ4v) is 4.03. The predicted octanol–water partition coefficient (Wildman–Crippen LogP) is 0.0330. The molecule has 4 aliphatic rings. The molecule has 4 rings (SSSR count). The normalized spacial score (nSPS) is 39.5. The highest BCUT2D eigenvalue weighted by atomic mass is 16.9. The van der Waals surface area contributed by atoms with Gasteiger partial charge >= 0.3 is 5.97 Å². The molecule has 162 valence electrons. The average Bonchev–Trinajstić information content (AvgIpc) is 3.22. The monoisotopic (exact) mass is 413 g/mol. The number of aliphatic hydroxyl groups is 1. The van der Waals surface area contributed by atoms with E-state index in [-0.39, 0.29) is 25.5 Å². The second-order valence-corrected chi connectivity index (χ2v) is 8.45. The molecule has 4 heterocycles. The van der Waals surface area contributed by atoms with E-state index in [1.807, 2.05) is 0 Å². The fourth-order valence-electron chi connectivity index (χ4n) is 4.03. The molecule has 4 aliphatic heterocycles. The van der Waals surface area contributed by atoms with Gasteiger partial charge in [0, 0.05) is 12.6 Å². The van der Waals surface area contributed by atoms with Gasteiger partial charge in [-0.2, -0.15) is 0 Å². The van der Waals surface area contributed by atoms with Gasteiger partial charge in [0.2, 0.25) is 5.91 Å². The Balaban J connectivity index is 1.34. The van der Waals surface area contributed by atoms with Crippen LogP contribution in [0.2, 0.25) is 0 Å². The predicted molar refractivity (Wildman–Crippen MR) is 95.0 cm³/mol. The van der Waals surface area contributed by atoms with Crippen LogP contribution in [-0.4, -0.2) is 83.5 Å². The zero-order valence-electron chi connectivity index (χ0n) is 16.9. The second-order valence-electron chi connectivity index (χ2n) is 8.45. The molecule has 0 aliphatic carbocycles. The van der Waals surface area contributed by atoms with Crippen LogP contribution in [0.25, 0.3) is 0 Å². The molecular weight excluding hydrogens is 386 g/mol. The highest BCUT2D eigenvalue weighted by Gasteiger charge is 2.60. The Bertz CT molecular complexity index is 706. The van der Waals surface area contributed by atoms with Crippen molar-refractivity contribution >= 4 is 11.9 Å². The maximum Gasteiger partial charge on any atom is 0.307 e. The lowest BCUT2D eigenvalue weighted by Gasteiger charge is -2.36. The number of fused-ring (bicyclic) bond motifs is 3. The molecule has 29 heavy (non-hydrogen) atoms. The van der Waals surface area contributed by atoms with Gasteiger partial charge in [0.25, 0.3) is 0 Å². The summed E-state index contributed by atoms with van der Waals surface area (Å²) in [5, 5.41) is 9.68. The largest absolute Gasteiger partial charge is 0.463 e. The highest BCUT2D eigenvalue weighted by Crippen LogP contribution is 2.44. The van der Waals surface area contributed by atoms with E-state index in [1.54, 1.807) is 27.7 Å². The number of carbonyl (C=O) groups is 2. The molecular formula is C19H27NO9. The molecule has 3 saturated heterocycles. The summed E-state index contributed by atoms with van der Waals surface area (Å²) in [6, 6.07) is 0. The Morgan fingerprint density at radius 3 is 2.45 bits per heavy atom. The molecule has 10 nitrogen and oxygen atoms in total. The standard InChI is InChI=1S/C19H27NO9/c1-18(2)26-14-10(25-17-16(15(14)27-18)28-19(3,4)29-17)9-24-13(23)7-8-20-11(21)5-6-12(20)22/h5-6,10-11,14-17,21H,7-9H2,1-4H3. The Kier molecular flexibility index (Phi) is 5.21. The zero-order chi connectivity index (χ0) is 21.0. The van der Waals surface area contributed by atoms with Crippen LogP contribution < -0.4 is 0 Å². The van der Waals surface area contributed by atoms with E-state index in [0.717, 1.165) is 0 Å². The number of hydrogen-bond acceptors (Lipinski definition) is 9. The van der Waals surface area contributed by atoms with Crippen LogP contribution in [0, 0.1) is 0 Å². The summed E-state index contributed by atoms with van der Waals surface area (Å²) in [5.74, 6) is -2.50. The van der Waals surface area contributed by atoms with Crippen molar-refractivity contribution < 1.29 is 43.1 Å². The molecule has 1 N–H and O–H groups in total. The molecule has 0 bridgehead atoms. The molecule has 10 heteroatoms. The minimum Gasteiger partial charge on any atom is -0.463 e. The Labute approximate surface area is 168 Å². The van der Waals surface area contributed by atoms with Crippen molar-refractivity contribution in [2.75, 3.05) is 13.2 Å². The molecule has 0 radical (unpaired) electrons. The van der Waals surface area contributed by atoms with Gasteiger partial charge in [-0.05, 0) is 33.8 Å². The van der Waals surface area contributed by atoms with Crippen molar-refractivity contribution in [3.05, 3.63) is 12.2 Å². The quantitative estimate of drug-likeness (QED) is 0.624. The van der Waals surface area contributed by atoms with Crippen molar-refractivity contribution in [2.24, 2.45) is 0 Å². The van der Waals surface area contributed by atoms with Gasteiger partial charge in [0.05, 0.1) is 6.42 Å². The summed E-state index contributed by atoms with van der Waals surface area (Å²) >= 11 is 0. The van der Waals surface area contributed by atoms with E-state index < -0.39 is 54.5 Å². The first-order valence-corrected chi connectivity index (χ1v) is 9.74. The van der Waals surface area contributed by atoms with Gasteiger partial charge in [-0.3, -0.25) is 9.59 Å². The average molecular weight is 413 g/mol. The Morgan fingerprint density at radius 2 is 1.76 bits per heavy atom. The van der Waals surface area contributed by atoms with Gasteiger partial charge in [-0.1, -0.05) is 0 Å². The summed E-state index contributed by atoms with van der Waals surface area (Å²) in [5.41, 5.74) is 0. The topological polar surface area (TPSA) is 113 Å². The van der Waals surface area contributed by atoms with Crippen molar-refractivity contribution in [3.63, 3.8) is 0 Å². The number of rotatable bonds is 5. The molecule has 1 amide bonds. The molecule has 0 aromatic carbocycles. The number of esters is 1. The Hall–Kier alpha value is -1.56. The number of aliphatic hydroxyl groups excluding tert-OH is 1. The molecule has 0 aromatic rings. The van der Waals surface area contributed by atoms with Crippen LogP contribution in [0.5, 0.6) is 0 Å². The van der Waals surface area contributed by atoms with Crippen LogP contribution >= 0.6 is 0 Å². The van der Waals surface area contributed by atoms with E-state index in [1.165, 1.54) is 17.1 Å². The minimum atomic E-state index is -1.01. The van der Waals surface area contributed by atoms with Crippen molar-refractivity contribution in [3.8, 4) is 0 Å². The summed E-state index contributed by atoms with van der Waals surface area (Å²) in [4.78, 5) is 24.9. The highest BCUT2D eigenvalue weighted by molar-refractivity contribution is 5.90. The zero-order valence-corrected chi connectivity index (χ0v) is 16.9. The number of amides is 1. The number of hydrogen-bond donors (Lipinski definition) is 1.